The molecule has 0 spiro atoms. The standard InChI is InChI=1S/C23H26N4O5/c1-15(2)23(4,14-24)26-21(28)16(3)32-22(29)18-10-11-19(20(12-18)27(30)31)25-13-17-8-6-5-7-9-17/h5-12,15-16,25H,13H2,1-4H3,(H,26,28)/t16-,23-/m1/s1. The highest BCUT2D eigenvalue weighted by Gasteiger charge is 2.33. The molecule has 0 radical (unpaired) electrons. The lowest BCUT2D eigenvalue weighted by Gasteiger charge is -2.28. The van der Waals surface area contributed by atoms with E-state index in [1.807, 2.05) is 36.4 Å². The van der Waals surface area contributed by atoms with Crippen LogP contribution in [0.25, 0.3) is 0 Å². The van der Waals surface area contributed by atoms with Gasteiger partial charge in [-0.1, -0.05) is 44.2 Å². The van der Waals surface area contributed by atoms with Crippen LogP contribution >= 0.6 is 0 Å². The van der Waals surface area contributed by atoms with Crippen molar-refractivity contribution in [3.05, 3.63) is 69.8 Å². The second-order valence-corrected chi connectivity index (χ2v) is 7.83. The molecule has 9 heteroatoms. The minimum Gasteiger partial charge on any atom is -0.449 e. The second-order valence-electron chi connectivity index (χ2n) is 7.83. The number of carbonyl (C=O) groups excluding carboxylic acids is 2. The van der Waals surface area contributed by atoms with Gasteiger partial charge in [0.05, 0.1) is 16.6 Å². The van der Waals surface area contributed by atoms with E-state index in [4.69, 9.17) is 4.74 Å². The zero-order valence-electron chi connectivity index (χ0n) is 18.4. The van der Waals surface area contributed by atoms with Gasteiger partial charge < -0.3 is 15.4 Å². The van der Waals surface area contributed by atoms with Crippen LogP contribution in [0.5, 0.6) is 0 Å². The van der Waals surface area contributed by atoms with Crippen molar-refractivity contribution in [2.24, 2.45) is 5.92 Å². The number of nitro groups is 1. The van der Waals surface area contributed by atoms with Crippen LogP contribution in [-0.4, -0.2) is 28.4 Å². The Hall–Kier alpha value is -3.93. The Labute approximate surface area is 186 Å². The number of nitrogens with zero attached hydrogens (tertiary/aromatic N) is 2. The number of nitro benzene ring substituents is 1. The molecule has 0 heterocycles. The summed E-state index contributed by atoms with van der Waals surface area (Å²) in [5, 5.41) is 26.4. The average molecular weight is 438 g/mol. The maximum atomic E-state index is 12.5. The molecule has 0 bridgehead atoms. The number of nitrogens with one attached hydrogen (secondary N) is 2. The number of carbonyl (C=O) groups is 2. The van der Waals surface area contributed by atoms with Gasteiger partial charge in [0.25, 0.3) is 11.6 Å². The lowest BCUT2D eigenvalue weighted by Crippen LogP contribution is -2.52. The molecule has 2 rings (SSSR count). The van der Waals surface area contributed by atoms with Gasteiger partial charge in [-0.2, -0.15) is 5.26 Å². The SMILES string of the molecule is CC(C)[C@@](C)(C#N)NC(=O)[C@@H](C)OC(=O)c1ccc(NCc2ccccc2)c([N+](=O)[O-])c1. The van der Waals surface area contributed by atoms with Crippen LogP contribution in [0.2, 0.25) is 0 Å². The number of hydrogen-bond acceptors (Lipinski definition) is 7. The highest BCUT2D eigenvalue weighted by atomic mass is 16.6. The molecule has 2 N–H and O–H groups in total. The Morgan fingerprint density at radius 1 is 1.19 bits per heavy atom. The van der Waals surface area contributed by atoms with Gasteiger partial charge in [-0.05, 0) is 37.5 Å². The summed E-state index contributed by atoms with van der Waals surface area (Å²) in [6.45, 7) is 6.89. The van der Waals surface area contributed by atoms with Crippen molar-refractivity contribution < 1.29 is 19.2 Å². The number of ether oxygens (including phenoxy) is 1. The first-order chi connectivity index (χ1) is 15.1. The van der Waals surface area contributed by atoms with Gasteiger partial charge in [0.15, 0.2) is 6.10 Å². The van der Waals surface area contributed by atoms with Crippen LogP contribution in [0.1, 0.15) is 43.6 Å². The Kier molecular flexibility index (Phi) is 7.91. The quantitative estimate of drug-likeness (QED) is 0.345. The molecule has 0 aliphatic carbocycles. The number of esters is 1. The van der Waals surface area contributed by atoms with Crippen LogP contribution < -0.4 is 10.6 Å². The predicted octanol–water partition coefficient (Wildman–Crippen LogP) is 3.81. The number of benzene rings is 2. The summed E-state index contributed by atoms with van der Waals surface area (Å²) in [4.78, 5) is 35.8. The topological polar surface area (TPSA) is 134 Å². The van der Waals surface area contributed by atoms with Crippen LogP contribution in [0.15, 0.2) is 48.5 Å². The number of hydrogen-bond donors (Lipinski definition) is 2. The van der Waals surface area contributed by atoms with Gasteiger partial charge in [-0.3, -0.25) is 14.9 Å². The minimum absolute atomic E-state index is 0.0616. The van der Waals surface area contributed by atoms with E-state index >= 15 is 0 Å². The largest absolute Gasteiger partial charge is 0.449 e. The zero-order chi connectivity index (χ0) is 23.9. The molecule has 0 aliphatic heterocycles. The third kappa shape index (κ3) is 6.04. The Morgan fingerprint density at radius 2 is 1.84 bits per heavy atom. The fraction of sp³-hybridized carbons (Fsp3) is 0.348. The van der Waals surface area contributed by atoms with E-state index in [2.05, 4.69) is 10.6 Å². The monoisotopic (exact) mass is 438 g/mol. The number of amides is 1. The molecule has 168 valence electrons. The molecule has 0 aromatic heterocycles. The van der Waals surface area contributed by atoms with Crippen LogP contribution in [0.3, 0.4) is 0 Å². The number of anilines is 1. The first kappa shape index (κ1) is 24.3. The summed E-state index contributed by atoms with van der Waals surface area (Å²) < 4.78 is 5.17. The number of rotatable bonds is 9. The lowest BCUT2D eigenvalue weighted by molar-refractivity contribution is -0.384. The van der Waals surface area contributed by atoms with Crippen molar-refractivity contribution in [1.82, 2.24) is 5.32 Å². The van der Waals surface area contributed by atoms with Crippen molar-refractivity contribution in [2.45, 2.75) is 45.9 Å². The number of nitriles is 1. The molecule has 0 aliphatic rings. The molecule has 0 saturated heterocycles. The second kappa shape index (κ2) is 10.4. The molecule has 1 amide bonds. The van der Waals surface area contributed by atoms with Crippen molar-refractivity contribution in [3.63, 3.8) is 0 Å². The van der Waals surface area contributed by atoms with Crippen molar-refractivity contribution >= 4 is 23.3 Å². The van der Waals surface area contributed by atoms with Crippen LogP contribution in [0.4, 0.5) is 11.4 Å². The fourth-order valence-corrected chi connectivity index (χ4v) is 2.69. The Bertz CT molecular complexity index is 1030. The molecular formula is C23H26N4O5. The van der Waals surface area contributed by atoms with Crippen LogP contribution in [0, 0.1) is 27.4 Å². The third-order valence-electron chi connectivity index (χ3n) is 5.18. The molecular weight excluding hydrogens is 412 g/mol. The van der Waals surface area contributed by atoms with Gasteiger partial charge >= 0.3 is 5.97 Å². The fourth-order valence-electron chi connectivity index (χ4n) is 2.69. The maximum absolute atomic E-state index is 12.5. The molecule has 0 fully saturated rings. The average Bonchev–Trinajstić information content (AvgIpc) is 2.77. The molecule has 32 heavy (non-hydrogen) atoms. The predicted molar refractivity (Wildman–Crippen MR) is 119 cm³/mol. The van der Waals surface area contributed by atoms with E-state index in [1.54, 1.807) is 20.8 Å². The van der Waals surface area contributed by atoms with E-state index in [0.29, 0.717) is 6.54 Å². The highest BCUT2D eigenvalue weighted by Crippen LogP contribution is 2.27. The lowest BCUT2D eigenvalue weighted by atomic mass is 9.90. The molecule has 2 aromatic carbocycles. The molecule has 0 saturated carbocycles. The molecule has 9 nitrogen and oxygen atoms in total. The summed E-state index contributed by atoms with van der Waals surface area (Å²) in [7, 11) is 0. The summed E-state index contributed by atoms with van der Waals surface area (Å²) >= 11 is 0. The summed E-state index contributed by atoms with van der Waals surface area (Å²) in [6.07, 6.45) is -1.19. The normalized spacial score (nSPS) is 13.4. The van der Waals surface area contributed by atoms with Gasteiger partial charge in [-0.15, -0.1) is 0 Å². The summed E-state index contributed by atoms with van der Waals surface area (Å²) in [5.74, 6) is -1.68. The third-order valence-corrected chi connectivity index (χ3v) is 5.18. The first-order valence-corrected chi connectivity index (χ1v) is 10.1. The Morgan fingerprint density at radius 3 is 2.41 bits per heavy atom. The van der Waals surface area contributed by atoms with E-state index in [9.17, 15) is 25.0 Å². The van der Waals surface area contributed by atoms with Crippen LogP contribution in [-0.2, 0) is 16.1 Å². The van der Waals surface area contributed by atoms with E-state index in [1.165, 1.54) is 19.1 Å². The first-order valence-electron chi connectivity index (χ1n) is 10.1. The molecule has 2 aromatic rings. The van der Waals surface area contributed by atoms with Gasteiger partial charge in [0.2, 0.25) is 0 Å². The van der Waals surface area contributed by atoms with Gasteiger partial charge in [-0.25, -0.2) is 4.79 Å². The molecule has 0 unspecified atom stereocenters. The van der Waals surface area contributed by atoms with Crippen molar-refractivity contribution in [1.29, 1.82) is 5.26 Å². The van der Waals surface area contributed by atoms with Crippen molar-refractivity contribution in [2.75, 3.05) is 5.32 Å². The minimum atomic E-state index is -1.19. The smallest absolute Gasteiger partial charge is 0.339 e. The van der Waals surface area contributed by atoms with Gasteiger partial charge in [0.1, 0.15) is 11.2 Å². The van der Waals surface area contributed by atoms with E-state index in [0.717, 1.165) is 11.6 Å². The van der Waals surface area contributed by atoms with Gasteiger partial charge in [0, 0.05) is 12.6 Å². The van der Waals surface area contributed by atoms with Crippen molar-refractivity contribution in [3.8, 4) is 6.07 Å². The van der Waals surface area contributed by atoms with E-state index in [-0.39, 0.29) is 22.9 Å². The molecule has 2 atom stereocenters. The summed E-state index contributed by atoms with van der Waals surface area (Å²) in [6, 6.07) is 15.3. The van der Waals surface area contributed by atoms with E-state index < -0.39 is 28.4 Å². The summed E-state index contributed by atoms with van der Waals surface area (Å²) in [5.41, 5.74) is -0.278. The highest BCUT2D eigenvalue weighted by molar-refractivity contribution is 5.93. The Balaban J connectivity index is 2.11. The zero-order valence-corrected chi connectivity index (χ0v) is 18.4. The maximum Gasteiger partial charge on any atom is 0.339 e.